The number of aromatic nitrogens is 2. The number of likely N-dealkylation sites (tertiary alicyclic amines) is 2. The third-order valence-corrected chi connectivity index (χ3v) is 10.5. The molecule has 1 saturated carbocycles. The third kappa shape index (κ3) is 4.81. The fourth-order valence-electron chi connectivity index (χ4n) is 7.10. The van der Waals surface area contributed by atoms with Crippen molar-refractivity contribution in [1.82, 2.24) is 25.1 Å². The molecule has 14 heteroatoms. The number of aryl methyl sites for hydroxylation is 1. The SMILES string of the molecule is Cc1cc(C(F)(F)F)nc(-c2ccnc3cc(CN4C(=O)C5C(C4=O)C5(C)C)sc23)c1C(=O)N1CCC2CNCC21.Cl.Cl. The van der Waals surface area contributed by atoms with Gasteiger partial charge in [0.1, 0.15) is 5.69 Å². The molecule has 0 radical (unpaired) electrons. The number of fused-ring (bicyclic) bond motifs is 3. The van der Waals surface area contributed by atoms with Crippen LogP contribution in [0.3, 0.4) is 0 Å². The highest BCUT2D eigenvalue weighted by atomic mass is 35.5. The second-order valence-corrected chi connectivity index (χ2v) is 13.3. The summed E-state index contributed by atoms with van der Waals surface area (Å²) in [5.74, 6) is -0.988. The van der Waals surface area contributed by atoms with Crippen LogP contribution in [-0.4, -0.2) is 63.2 Å². The fourth-order valence-corrected chi connectivity index (χ4v) is 8.21. The highest BCUT2D eigenvalue weighted by molar-refractivity contribution is 7.19. The molecule has 1 aliphatic carbocycles. The maximum absolute atomic E-state index is 14.0. The Balaban J connectivity index is 0.00000184. The molecular weight excluding hydrogens is 626 g/mol. The normalized spacial score (nSPS) is 25.4. The summed E-state index contributed by atoms with van der Waals surface area (Å²) in [6.07, 6.45) is -2.38. The summed E-state index contributed by atoms with van der Waals surface area (Å²) < 4.78 is 42.4. The molecule has 6 heterocycles. The Morgan fingerprint density at radius 2 is 1.84 bits per heavy atom. The number of halogens is 5. The number of imide groups is 1. The first-order valence-corrected chi connectivity index (χ1v) is 14.5. The average molecular weight is 657 g/mol. The van der Waals surface area contributed by atoms with Gasteiger partial charge in [-0.2, -0.15) is 13.2 Å². The summed E-state index contributed by atoms with van der Waals surface area (Å²) in [4.78, 5) is 52.0. The zero-order valence-corrected chi connectivity index (χ0v) is 26.0. The monoisotopic (exact) mass is 655 g/mol. The highest BCUT2D eigenvalue weighted by Gasteiger charge is 2.72. The number of carbonyl (C=O) groups excluding carboxylic acids is 3. The molecule has 43 heavy (non-hydrogen) atoms. The lowest BCUT2D eigenvalue weighted by Gasteiger charge is -2.26. The maximum Gasteiger partial charge on any atom is 0.433 e. The second kappa shape index (κ2) is 10.7. The first kappa shape index (κ1) is 31.6. The van der Waals surface area contributed by atoms with Crippen LogP contribution in [0.15, 0.2) is 24.4 Å². The van der Waals surface area contributed by atoms with Gasteiger partial charge in [-0.3, -0.25) is 24.3 Å². The molecule has 3 saturated heterocycles. The van der Waals surface area contributed by atoms with Crippen molar-refractivity contribution in [2.24, 2.45) is 23.2 Å². The Labute approximate surface area is 262 Å². The first-order chi connectivity index (χ1) is 19.4. The molecule has 7 rings (SSSR count). The van der Waals surface area contributed by atoms with E-state index >= 15 is 0 Å². The van der Waals surface area contributed by atoms with Crippen molar-refractivity contribution in [2.75, 3.05) is 19.6 Å². The fraction of sp³-hybridized carbons (Fsp3) is 0.483. The van der Waals surface area contributed by atoms with E-state index in [2.05, 4.69) is 15.3 Å². The van der Waals surface area contributed by atoms with Gasteiger partial charge in [-0.05, 0) is 48.4 Å². The molecule has 230 valence electrons. The predicted octanol–water partition coefficient (Wildman–Crippen LogP) is 5.10. The predicted molar refractivity (Wildman–Crippen MR) is 159 cm³/mol. The number of pyridine rings is 2. The van der Waals surface area contributed by atoms with Crippen molar-refractivity contribution in [3.8, 4) is 11.3 Å². The minimum Gasteiger partial charge on any atom is -0.334 e. The molecule has 4 aliphatic rings. The van der Waals surface area contributed by atoms with Crippen LogP contribution in [0, 0.1) is 30.1 Å². The van der Waals surface area contributed by atoms with Crippen molar-refractivity contribution in [3.63, 3.8) is 0 Å². The van der Waals surface area contributed by atoms with E-state index in [1.165, 1.54) is 29.4 Å². The van der Waals surface area contributed by atoms with Gasteiger partial charge in [-0.1, -0.05) is 13.8 Å². The van der Waals surface area contributed by atoms with Crippen molar-refractivity contribution < 1.29 is 27.6 Å². The van der Waals surface area contributed by atoms with Gasteiger partial charge in [0.2, 0.25) is 11.8 Å². The molecule has 3 aromatic rings. The van der Waals surface area contributed by atoms with Crippen molar-refractivity contribution >= 4 is 64.1 Å². The Kier molecular flexibility index (Phi) is 7.85. The lowest BCUT2D eigenvalue weighted by Crippen LogP contribution is -2.39. The Morgan fingerprint density at radius 3 is 2.51 bits per heavy atom. The van der Waals surface area contributed by atoms with Crippen LogP contribution in [0.4, 0.5) is 13.2 Å². The Hall–Kier alpha value is -2.80. The zero-order chi connectivity index (χ0) is 29.0. The number of nitrogens with one attached hydrogen (secondary N) is 1. The van der Waals surface area contributed by atoms with E-state index in [-0.39, 0.29) is 89.2 Å². The molecule has 4 atom stereocenters. The molecule has 4 fully saturated rings. The van der Waals surface area contributed by atoms with Gasteiger partial charge in [-0.25, -0.2) is 4.98 Å². The summed E-state index contributed by atoms with van der Waals surface area (Å²) in [6.45, 7) is 7.44. The molecule has 8 nitrogen and oxygen atoms in total. The number of alkyl halides is 3. The van der Waals surface area contributed by atoms with E-state index in [1.807, 2.05) is 13.8 Å². The van der Waals surface area contributed by atoms with Crippen LogP contribution in [0.2, 0.25) is 0 Å². The van der Waals surface area contributed by atoms with Crippen LogP contribution in [-0.2, 0) is 22.3 Å². The largest absolute Gasteiger partial charge is 0.433 e. The van der Waals surface area contributed by atoms with Gasteiger partial charge in [0, 0.05) is 42.3 Å². The standard InChI is InChI=1S/C29H28F3N5O3S.2ClH/c1-13-8-19(29(30,31)32)35-23(20(13)25(38)36-7-5-14-10-33-11-18(14)36)16-4-6-34-17-9-15(41-24(16)17)12-37-26(39)21-22(27(37)40)28(21,2)3;;/h4,6,8-9,14,18,21-22,33H,5,7,10-12H2,1-3H3;2*1H. The summed E-state index contributed by atoms with van der Waals surface area (Å²) in [6, 6.07) is 4.26. The molecule has 3 aromatic heterocycles. The number of rotatable bonds is 4. The molecule has 0 bridgehead atoms. The average Bonchev–Trinajstić information content (AvgIpc) is 3.45. The number of hydrogen-bond acceptors (Lipinski definition) is 7. The van der Waals surface area contributed by atoms with Crippen LogP contribution in [0.25, 0.3) is 21.5 Å². The molecule has 1 N–H and O–H groups in total. The number of thiophene rings is 1. The van der Waals surface area contributed by atoms with E-state index in [1.54, 1.807) is 17.0 Å². The second-order valence-electron chi connectivity index (χ2n) is 12.1. The van der Waals surface area contributed by atoms with Gasteiger partial charge in [0.05, 0.1) is 39.9 Å². The van der Waals surface area contributed by atoms with E-state index in [9.17, 15) is 27.6 Å². The van der Waals surface area contributed by atoms with E-state index in [4.69, 9.17) is 0 Å². The minimum absolute atomic E-state index is 0. The Bertz CT molecular complexity index is 1640. The van der Waals surface area contributed by atoms with Gasteiger partial charge < -0.3 is 10.2 Å². The number of nitrogens with zero attached hydrogens (tertiary/aromatic N) is 4. The quantitative estimate of drug-likeness (QED) is 0.393. The number of amides is 3. The highest BCUT2D eigenvalue weighted by Crippen LogP contribution is 2.63. The first-order valence-electron chi connectivity index (χ1n) is 13.7. The van der Waals surface area contributed by atoms with Crippen LogP contribution in [0.1, 0.15) is 46.8 Å². The van der Waals surface area contributed by atoms with Crippen molar-refractivity contribution in [2.45, 2.75) is 46.0 Å². The van der Waals surface area contributed by atoms with Gasteiger partial charge >= 0.3 is 6.18 Å². The van der Waals surface area contributed by atoms with Gasteiger partial charge in [0.25, 0.3) is 5.91 Å². The van der Waals surface area contributed by atoms with E-state index in [0.717, 1.165) is 19.0 Å². The molecule has 3 aliphatic heterocycles. The van der Waals surface area contributed by atoms with Crippen LogP contribution < -0.4 is 5.32 Å². The van der Waals surface area contributed by atoms with Gasteiger partial charge in [0.15, 0.2) is 0 Å². The summed E-state index contributed by atoms with van der Waals surface area (Å²) in [5.41, 5.74) is -0.192. The summed E-state index contributed by atoms with van der Waals surface area (Å²) in [7, 11) is 0. The molecule has 0 aromatic carbocycles. The lowest BCUT2D eigenvalue weighted by atomic mass is 9.98. The van der Waals surface area contributed by atoms with E-state index in [0.29, 0.717) is 39.7 Å². The topological polar surface area (TPSA) is 95.5 Å². The molecular formula is C29H30Cl2F3N5O3S. The molecule has 0 spiro atoms. The lowest BCUT2D eigenvalue weighted by molar-refractivity contribution is -0.144. The number of piperidine rings is 1. The van der Waals surface area contributed by atoms with Crippen molar-refractivity contribution in [1.29, 1.82) is 0 Å². The number of carbonyl (C=O) groups is 3. The van der Waals surface area contributed by atoms with E-state index < -0.39 is 11.9 Å². The number of hydrogen-bond donors (Lipinski definition) is 1. The smallest absolute Gasteiger partial charge is 0.334 e. The van der Waals surface area contributed by atoms with Crippen molar-refractivity contribution in [3.05, 3.63) is 46.1 Å². The van der Waals surface area contributed by atoms with Crippen LogP contribution in [0.5, 0.6) is 0 Å². The summed E-state index contributed by atoms with van der Waals surface area (Å²) >= 11 is 1.25. The van der Waals surface area contributed by atoms with Gasteiger partial charge in [-0.15, -0.1) is 36.2 Å². The van der Waals surface area contributed by atoms with Crippen LogP contribution >= 0.6 is 36.2 Å². The zero-order valence-electron chi connectivity index (χ0n) is 23.5. The Morgan fingerprint density at radius 1 is 1.14 bits per heavy atom. The molecule has 3 amide bonds. The summed E-state index contributed by atoms with van der Waals surface area (Å²) in [5, 5.41) is 3.31. The maximum atomic E-state index is 14.0. The third-order valence-electron chi connectivity index (χ3n) is 9.35. The minimum atomic E-state index is -4.70. The molecule has 4 unspecified atom stereocenters.